The molecule has 0 spiro atoms. The van der Waals surface area contributed by atoms with E-state index in [1.165, 1.54) is 47.4 Å². The van der Waals surface area contributed by atoms with Crippen molar-refractivity contribution >= 4 is 45.7 Å². The highest BCUT2D eigenvalue weighted by molar-refractivity contribution is 8.00. The second-order valence-corrected chi connectivity index (χ2v) is 9.34. The maximum Gasteiger partial charge on any atom is 0.255 e. The Hall–Kier alpha value is -3.89. The second-order valence-electron chi connectivity index (χ2n) is 7.43. The molecule has 7 nitrogen and oxygen atoms in total. The molecule has 0 radical (unpaired) electrons. The van der Waals surface area contributed by atoms with E-state index >= 15 is 0 Å². The zero-order chi connectivity index (χ0) is 25.5. The summed E-state index contributed by atoms with van der Waals surface area (Å²) in [7, 11) is 3.15. The molecule has 0 bridgehead atoms. The summed E-state index contributed by atoms with van der Waals surface area (Å²) in [6.45, 7) is 0. The van der Waals surface area contributed by atoms with Crippen LogP contribution in [0.5, 0.6) is 11.5 Å². The molecule has 1 heterocycles. The molecule has 4 aromatic rings. The van der Waals surface area contributed by atoms with Crippen LogP contribution in [0.15, 0.2) is 77.0 Å². The van der Waals surface area contributed by atoms with Gasteiger partial charge in [-0.1, -0.05) is 6.07 Å². The van der Waals surface area contributed by atoms with Crippen molar-refractivity contribution in [3.8, 4) is 22.8 Å². The first kappa shape index (κ1) is 25.2. The summed E-state index contributed by atoms with van der Waals surface area (Å²) in [5.41, 5.74) is 2.49. The SMILES string of the molecule is COc1ccc(-c2csc(NC(=O)CSc3cccc(NC(=O)c4ccc(F)cc4)c3)n2)cc1OC. The van der Waals surface area contributed by atoms with Crippen LogP contribution in [0.3, 0.4) is 0 Å². The maximum absolute atomic E-state index is 13.1. The molecule has 10 heteroatoms. The smallest absolute Gasteiger partial charge is 0.255 e. The highest BCUT2D eigenvalue weighted by Gasteiger charge is 2.12. The monoisotopic (exact) mass is 523 g/mol. The Morgan fingerprint density at radius 2 is 1.75 bits per heavy atom. The number of nitrogens with zero attached hydrogens (tertiary/aromatic N) is 1. The molecule has 36 heavy (non-hydrogen) atoms. The Kier molecular flexibility index (Phi) is 8.19. The molecule has 0 saturated heterocycles. The number of thioether (sulfide) groups is 1. The number of anilines is 2. The Morgan fingerprint density at radius 3 is 2.50 bits per heavy atom. The topological polar surface area (TPSA) is 89.6 Å². The first-order chi connectivity index (χ1) is 17.4. The highest BCUT2D eigenvalue weighted by atomic mass is 32.2. The van der Waals surface area contributed by atoms with E-state index in [1.54, 1.807) is 38.5 Å². The zero-order valence-electron chi connectivity index (χ0n) is 19.4. The average molecular weight is 524 g/mol. The number of ether oxygens (including phenoxy) is 2. The standard InChI is InChI=1S/C26H22FN3O4S2/c1-33-22-11-8-17(12-23(22)34-2)21-14-36-26(29-21)30-24(31)15-35-20-5-3-4-19(13-20)28-25(32)16-6-9-18(27)10-7-16/h3-14H,15H2,1-2H3,(H,28,32)(H,29,30,31). The molecule has 1 aromatic heterocycles. The fourth-order valence-corrected chi connectivity index (χ4v) is 4.72. The summed E-state index contributed by atoms with van der Waals surface area (Å²) in [6.07, 6.45) is 0. The number of carbonyl (C=O) groups excluding carboxylic acids is 2. The number of methoxy groups -OCH3 is 2. The third kappa shape index (κ3) is 6.41. The van der Waals surface area contributed by atoms with Crippen LogP contribution in [-0.2, 0) is 4.79 Å². The van der Waals surface area contributed by atoms with E-state index in [0.29, 0.717) is 33.6 Å². The van der Waals surface area contributed by atoms with Gasteiger partial charge < -0.3 is 20.1 Å². The minimum absolute atomic E-state index is 0.167. The van der Waals surface area contributed by atoms with Gasteiger partial charge in [-0.15, -0.1) is 23.1 Å². The van der Waals surface area contributed by atoms with Gasteiger partial charge in [0.05, 0.1) is 25.7 Å². The number of benzene rings is 3. The Labute approximate surface area is 215 Å². The number of halogens is 1. The summed E-state index contributed by atoms with van der Waals surface area (Å²) in [4.78, 5) is 30.2. The Bertz CT molecular complexity index is 1380. The number of hydrogen-bond donors (Lipinski definition) is 2. The second kappa shape index (κ2) is 11.7. The molecule has 0 aliphatic carbocycles. The normalized spacial score (nSPS) is 10.5. The van der Waals surface area contributed by atoms with Crippen LogP contribution in [-0.4, -0.2) is 36.8 Å². The van der Waals surface area contributed by atoms with E-state index in [1.807, 2.05) is 23.6 Å². The van der Waals surface area contributed by atoms with Crippen LogP contribution in [0.25, 0.3) is 11.3 Å². The summed E-state index contributed by atoms with van der Waals surface area (Å²) in [5, 5.41) is 7.95. The van der Waals surface area contributed by atoms with Gasteiger partial charge in [-0.2, -0.15) is 0 Å². The number of thiazole rings is 1. The number of rotatable bonds is 9. The van der Waals surface area contributed by atoms with Crippen LogP contribution in [0, 0.1) is 5.82 Å². The van der Waals surface area contributed by atoms with E-state index in [0.717, 1.165) is 10.5 Å². The van der Waals surface area contributed by atoms with Gasteiger partial charge in [0.2, 0.25) is 5.91 Å². The summed E-state index contributed by atoms with van der Waals surface area (Å²) >= 11 is 2.66. The number of amides is 2. The third-order valence-corrected chi connectivity index (χ3v) is 6.75. The van der Waals surface area contributed by atoms with Crippen molar-refractivity contribution in [2.45, 2.75) is 4.90 Å². The van der Waals surface area contributed by atoms with Gasteiger partial charge in [-0.3, -0.25) is 9.59 Å². The van der Waals surface area contributed by atoms with Crippen molar-refractivity contribution in [3.05, 3.63) is 83.5 Å². The predicted molar refractivity (Wildman–Crippen MR) is 141 cm³/mol. The molecule has 0 aliphatic heterocycles. The Morgan fingerprint density at radius 1 is 0.972 bits per heavy atom. The minimum atomic E-state index is -0.404. The molecule has 2 amide bonds. The molecule has 0 atom stereocenters. The van der Waals surface area contributed by atoms with E-state index in [2.05, 4.69) is 15.6 Å². The molecule has 0 fully saturated rings. The highest BCUT2D eigenvalue weighted by Crippen LogP contribution is 2.33. The third-order valence-electron chi connectivity index (χ3n) is 5.00. The van der Waals surface area contributed by atoms with Gasteiger partial charge in [-0.25, -0.2) is 9.37 Å². The fourth-order valence-electron chi connectivity index (χ4n) is 3.23. The van der Waals surface area contributed by atoms with E-state index in [-0.39, 0.29) is 17.6 Å². The fraction of sp³-hybridized carbons (Fsp3) is 0.115. The largest absolute Gasteiger partial charge is 0.493 e. The van der Waals surface area contributed by atoms with Crippen LogP contribution in [0.2, 0.25) is 0 Å². The molecule has 3 aromatic carbocycles. The quantitative estimate of drug-likeness (QED) is 0.264. The summed E-state index contributed by atoms with van der Waals surface area (Å²) in [5.74, 6) is 0.443. The molecule has 2 N–H and O–H groups in total. The van der Waals surface area contributed by atoms with Crippen LogP contribution < -0.4 is 20.1 Å². The predicted octanol–water partition coefficient (Wildman–Crippen LogP) is 5.95. The first-order valence-corrected chi connectivity index (χ1v) is 12.6. The van der Waals surface area contributed by atoms with Gasteiger partial charge in [0.1, 0.15) is 5.82 Å². The van der Waals surface area contributed by atoms with Crippen LogP contribution >= 0.6 is 23.1 Å². The van der Waals surface area contributed by atoms with Crippen LogP contribution in [0.1, 0.15) is 10.4 Å². The van der Waals surface area contributed by atoms with Gasteiger partial charge in [0.15, 0.2) is 16.6 Å². The first-order valence-electron chi connectivity index (χ1n) is 10.7. The zero-order valence-corrected chi connectivity index (χ0v) is 21.0. The lowest BCUT2D eigenvalue weighted by Crippen LogP contribution is -2.14. The van der Waals surface area contributed by atoms with Crippen molar-refractivity contribution in [1.29, 1.82) is 0 Å². The van der Waals surface area contributed by atoms with Gasteiger partial charge in [0.25, 0.3) is 5.91 Å². The number of hydrogen-bond acceptors (Lipinski definition) is 7. The number of carbonyl (C=O) groups is 2. The summed E-state index contributed by atoms with van der Waals surface area (Å²) in [6, 6.07) is 18.0. The van der Waals surface area contributed by atoms with Gasteiger partial charge in [-0.05, 0) is 60.7 Å². The van der Waals surface area contributed by atoms with Crippen molar-refractivity contribution in [2.24, 2.45) is 0 Å². The molecular weight excluding hydrogens is 501 g/mol. The van der Waals surface area contributed by atoms with Crippen molar-refractivity contribution in [1.82, 2.24) is 4.98 Å². The average Bonchev–Trinajstić information content (AvgIpc) is 3.36. The molecule has 184 valence electrons. The molecule has 0 unspecified atom stereocenters. The Balaban J connectivity index is 1.32. The van der Waals surface area contributed by atoms with E-state index < -0.39 is 5.82 Å². The summed E-state index contributed by atoms with van der Waals surface area (Å²) < 4.78 is 23.7. The molecule has 0 aliphatic rings. The van der Waals surface area contributed by atoms with Crippen LogP contribution in [0.4, 0.5) is 15.2 Å². The van der Waals surface area contributed by atoms with Gasteiger partial charge in [0, 0.05) is 27.1 Å². The molecule has 0 saturated carbocycles. The minimum Gasteiger partial charge on any atom is -0.493 e. The molecule has 4 rings (SSSR count). The van der Waals surface area contributed by atoms with E-state index in [9.17, 15) is 14.0 Å². The lowest BCUT2D eigenvalue weighted by Gasteiger charge is -2.08. The lowest BCUT2D eigenvalue weighted by molar-refractivity contribution is -0.113. The molecular formula is C26H22FN3O4S2. The van der Waals surface area contributed by atoms with Crippen molar-refractivity contribution in [3.63, 3.8) is 0 Å². The van der Waals surface area contributed by atoms with Gasteiger partial charge >= 0.3 is 0 Å². The van der Waals surface area contributed by atoms with E-state index in [4.69, 9.17) is 9.47 Å². The number of nitrogens with one attached hydrogen (secondary N) is 2. The number of aromatic nitrogens is 1. The lowest BCUT2D eigenvalue weighted by atomic mass is 10.1. The van der Waals surface area contributed by atoms with Crippen molar-refractivity contribution < 1.29 is 23.5 Å². The maximum atomic E-state index is 13.1. The van der Waals surface area contributed by atoms with Crippen molar-refractivity contribution in [2.75, 3.05) is 30.6 Å².